The van der Waals surface area contributed by atoms with Crippen molar-refractivity contribution in [3.05, 3.63) is 23.8 Å². The van der Waals surface area contributed by atoms with Gasteiger partial charge in [0.2, 0.25) is 5.91 Å². The van der Waals surface area contributed by atoms with Gasteiger partial charge in [0.25, 0.3) is 5.91 Å². The SMILES string of the molecule is COCCN1CCC(NC(=O)COc2ccc3c(c2)CCC(=O)N3)CC1. The summed E-state index contributed by atoms with van der Waals surface area (Å²) in [4.78, 5) is 25.9. The first-order valence-corrected chi connectivity index (χ1v) is 9.20. The largest absolute Gasteiger partial charge is 0.484 e. The fourth-order valence-corrected chi connectivity index (χ4v) is 3.39. The molecule has 0 unspecified atom stereocenters. The van der Waals surface area contributed by atoms with Crippen molar-refractivity contribution < 1.29 is 19.1 Å². The lowest BCUT2D eigenvalue weighted by Gasteiger charge is -2.32. The number of hydrogen-bond acceptors (Lipinski definition) is 5. The number of piperidine rings is 1. The van der Waals surface area contributed by atoms with Gasteiger partial charge in [0, 0.05) is 44.9 Å². The maximum absolute atomic E-state index is 12.1. The van der Waals surface area contributed by atoms with E-state index in [4.69, 9.17) is 9.47 Å². The molecule has 2 N–H and O–H groups in total. The smallest absolute Gasteiger partial charge is 0.258 e. The van der Waals surface area contributed by atoms with E-state index in [1.165, 1.54) is 0 Å². The van der Waals surface area contributed by atoms with Crippen molar-refractivity contribution >= 4 is 17.5 Å². The van der Waals surface area contributed by atoms with Gasteiger partial charge in [-0.05, 0) is 43.0 Å². The molecular formula is C19H27N3O4. The molecule has 3 rings (SSSR count). The average molecular weight is 361 g/mol. The first-order valence-electron chi connectivity index (χ1n) is 9.20. The molecule has 2 aliphatic rings. The molecule has 0 radical (unpaired) electrons. The van der Waals surface area contributed by atoms with Gasteiger partial charge in [0.1, 0.15) is 5.75 Å². The van der Waals surface area contributed by atoms with Crippen molar-refractivity contribution in [2.45, 2.75) is 31.7 Å². The number of nitrogens with one attached hydrogen (secondary N) is 2. The number of rotatable bonds is 7. The lowest BCUT2D eigenvalue weighted by atomic mass is 10.0. The fourth-order valence-electron chi connectivity index (χ4n) is 3.39. The fraction of sp³-hybridized carbons (Fsp3) is 0.579. The predicted molar refractivity (Wildman–Crippen MR) is 98.4 cm³/mol. The van der Waals surface area contributed by atoms with Crippen LogP contribution in [0.15, 0.2) is 18.2 Å². The van der Waals surface area contributed by atoms with Crippen molar-refractivity contribution in [2.75, 3.05) is 45.3 Å². The molecule has 2 heterocycles. The van der Waals surface area contributed by atoms with E-state index >= 15 is 0 Å². The summed E-state index contributed by atoms with van der Waals surface area (Å²) < 4.78 is 10.7. The van der Waals surface area contributed by atoms with Crippen LogP contribution in [0.2, 0.25) is 0 Å². The van der Waals surface area contributed by atoms with E-state index in [9.17, 15) is 9.59 Å². The average Bonchev–Trinajstić information content (AvgIpc) is 2.66. The number of methoxy groups -OCH3 is 1. The number of carbonyl (C=O) groups excluding carboxylic acids is 2. The third kappa shape index (κ3) is 5.19. The van der Waals surface area contributed by atoms with Crippen molar-refractivity contribution in [1.82, 2.24) is 10.2 Å². The minimum atomic E-state index is -0.0913. The lowest BCUT2D eigenvalue weighted by Crippen LogP contribution is -2.46. The number of hydrogen-bond donors (Lipinski definition) is 2. The maximum atomic E-state index is 12.1. The van der Waals surface area contributed by atoms with Gasteiger partial charge in [-0.25, -0.2) is 0 Å². The van der Waals surface area contributed by atoms with Gasteiger partial charge in [-0.3, -0.25) is 9.59 Å². The Labute approximate surface area is 154 Å². The summed E-state index contributed by atoms with van der Waals surface area (Å²) in [5.74, 6) is 0.606. The highest BCUT2D eigenvalue weighted by molar-refractivity contribution is 5.94. The van der Waals surface area contributed by atoms with Crippen LogP contribution in [0.3, 0.4) is 0 Å². The van der Waals surface area contributed by atoms with Crippen LogP contribution in [-0.2, 0) is 20.7 Å². The molecule has 7 nitrogen and oxygen atoms in total. The van der Waals surface area contributed by atoms with Crippen LogP contribution >= 0.6 is 0 Å². The van der Waals surface area contributed by atoms with Crippen molar-refractivity contribution in [1.29, 1.82) is 0 Å². The van der Waals surface area contributed by atoms with Gasteiger partial charge < -0.3 is 25.0 Å². The number of anilines is 1. The lowest BCUT2D eigenvalue weighted by molar-refractivity contribution is -0.124. The summed E-state index contributed by atoms with van der Waals surface area (Å²) in [7, 11) is 1.71. The van der Waals surface area contributed by atoms with Crippen molar-refractivity contribution in [3.63, 3.8) is 0 Å². The van der Waals surface area contributed by atoms with E-state index in [1.54, 1.807) is 13.2 Å². The highest BCUT2D eigenvalue weighted by Gasteiger charge is 2.21. The normalized spacial score (nSPS) is 18.1. The molecule has 1 saturated heterocycles. The summed E-state index contributed by atoms with van der Waals surface area (Å²) in [6.45, 7) is 3.65. The topological polar surface area (TPSA) is 79.9 Å². The van der Waals surface area contributed by atoms with E-state index in [2.05, 4.69) is 15.5 Å². The Morgan fingerprint density at radius 2 is 2.12 bits per heavy atom. The zero-order valence-electron chi connectivity index (χ0n) is 15.3. The Morgan fingerprint density at radius 1 is 1.31 bits per heavy atom. The summed E-state index contributed by atoms with van der Waals surface area (Å²) in [6, 6.07) is 5.72. The molecule has 1 aromatic carbocycles. The van der Waals surface area contributed by atoms with E-state index < -0.39 is 0 Å². The molecule has 1 fully saturated rings. The Bertz CT molecular complexity index is 642. The standard InChI is InChI=1S/C19H27N3O4/c1-25-11-10-22-8-6-15(7-9-22)20-19(24)13-26-16-3-4-17-14(12-16)2-5-18(23)21-17/h3-4,12,15H,2,5-11,13H2,1H3,(H,20,24)(H,21,23). The summed E-state index contributed by atoms with van der Waals surface area (Å²) >= 11 is 0. The molecule has 0 aromatic heterocycles. The Morgan fingerprint density at radius 3 is 2.88 bits per heavy atom. The second-order valence-electron chi connectivity index (χ2n) is 6.83. The molecule has 2 aliphatic heterocycles. The van der Waals surface area contributed by atoms with Crippen molar-refractivity contribution in [3.8, 4) is 5.75 Å². The molecule has 142 valence electrons. The van der Waals surface area contributed by atoms with Crippen LogP contribution in [0.1, 0.15) is 24.8 Å². The second kappa shape index (κ2) is 9.00. The number of benzene rings is 1. The van der Waals surface area contributed by atoms with Crippen molar-refractivity contribution in [2.24, 2.45) is 0 Å². The predicted octanol–water partition coefficient (Wildman–Crippen LogP) is 1.18. The molecule has 26 heavy (non-hydrogen) atoms. The zero-order valence-corrected chi connectivity index (χ0v) is 15.3. The third-order valence-corrected chi connectivity index (χ3v) is 4.91. The van der Waals surface area contributed by atoms with Gasteiger partial charge in [-0.15, -0.1) is 0 Å². The molecule has 2 amide bonds. The molecule has 0 saturated carbocycles. The number of fused-ring (bicyclic) bond motifs is 1. The van der Waals surface area contributed by atoms with Gasteiger partial charge >= 0.3 is 0 Å². The monoisotopic (exact) mass is 361 g/mol. The van der Waals surface area contributed by atoms with Crippen LogP contribution in [0.25, 0.3) is 0 Å². The van der Waals surface area contributed by atoms with E-state index in [-0.39, 0.29) is 24.5 Å². The minimum Gasteiger partial charge on any atom is -0.484 e. The molecule has 0 atom stereocenters. The van der Waals surface area contributed by atoms with Gasteiger partial charge in [0.15, 0.2) is 6.61 Å². The molecule has 1 aromatic rings. The van der Waals surface area contributed by atoms with Crippen LogP contribution < -0.4 is 15.4 Å². The Balaban J connectivity index is 1.40. The zero-order chi connectivity index (χ0) is 18.4. The van der Waals surface area contributed by atoms with E-state index in [0.717, 1.165) is 50.3 Å². The quantitative estimate of drug-likeness (QED) is 0.762. The maximum Gasteiger partial charge on any atom is 0.258 e. The third-order valence-electron chi connectivity index (χ3n) is 4.91. The number of ether oxygens (including phenoxy) is 2. The molecular weight excluding hydrogens is 334 g/mol. The molecule has 0 spiro atoms. The minimum absolute atomic E-state index is 0.00896. The summed E-state index contributed by atoms with van der Waals surface area (Å²) in [6.07, 6.45) is 3.09. The molecule has 7 heteroatoms. The van der Waals surface area contributed by atoms with Crippen LogP contribution in [0.5, 0.6) is 5.75 Å². The van der Waals surface area contributed by atoms with Gasteiger partial charge in [0.05, 0.1) is 6.61 Å². The first-order chi connectivity index (χ1) is 12.6. The van der Waals surface area contributed by atoms with E-state index in [1.807, 2.05) is 12.1 Å². The Kier molecular flexibility index (Phi) is 6.46. The summed E-state index contributed by atoms with van der Waals surface area (Å²) in [5, 5.41) is 5.89. The van der Waals surface area contributed by atoms with Crippen LogP contribution in [-0.4, -0.2) is 62.7 Å². The number of amides is 2. The highest BCUT2D eigenvalue weighted by Crippen LogP contribution is 2.26. The van der Waals surface area contributed by atoms with Gasteiger partial charge in [-0.1, -0.05) is 0 Å². The highest BCUT2D eigenvalue weighted by atomic mass is 16.5. The number of aryl methyl sites for hydroxylation is 1. The molecule has 0 bridgehead atoms. The Hall–Kier alpha value is -2.12. The van der Waals surface area contributed by atoms with E-state index in [0.29, 0.717) is 18.6 Å². The summed E-state index contributed by atoms with van der Waals surface area (Å²) in [5.41, 5.74) is 1.88. The number of nitrogens with zero attached hydrogens (tertiary/aromatic N) is 1. The molecule has 0 aliphatic carbocycles. The second-order valence-corrected chi connectivity index (χ2v) is 6.83. The first kappa shape index (κ1) is 18.7. The van der Waals surface area contributed by atoms with Crippen LogP contribution in [0.4, 0.5) is 5.69 Å². The van der Waals surface area contributed by atoms with Gasteiger partial charge in [-0.2, -0.15) is 0 Å². The number of likely N-dealkylation sites (tertiary alicyclic amines) is 1. The number of carbonyl (C=O) groups is 2. The van der Waals surface area contributed by atoms with Crippen LogP contribution in [0, 0.1) is 0 Å².